The summed E-state index contributed by atoms with van der Waals surface area (Å²) >= 11 is 0. The van der Waals surface area contributed by atoms with Crippen molar-refractivity contribution < 1.29 is 4.74 Å². The molecule has 0 bridgehead atoms. The molecule has 2 N–H and O–H groups in total. The van der Waals surface area contributed by atoms with Crippen molar-refractivity contribution in [3.05, 3.63) is 48.5 Å². The molecule has 24 heavy (non-hydrogen) atoms. The molecule has 7 heteroatoms. The van der Waals surface area contributed by atoms with Gasteiger partial charge in [0.2, 0.25) is 0 Å². The van der Waals surface area contributed by atoms with Crippen LogP contribution in [0.3, 0.4) is 0 Å². The van der Waals surface area contributed by atoms with E-state index >= 15 is 0 Å². The Morgan fingerprint density at radius 1 is 1.12 bits per heavy atom. The van der Waals surface area contributed by atoms with E-state index in [-0.39, 0.29) is 5.69 Å². The topological polar surface area (TPSA) is 95.8 Å². The van der Waals surface area contributed by atoms with Gasteiger partial charge in [0, 0.05) is 30.9 Å². The van der Waals surface area contributed by atoms with E-state index in [9.17, 15) is 0 Å². The third-order valence-corrected chi connectivity index (χ3v) is 3.41. The van der Waals surface area contributed by atoms with Crippen LogP contribution in [0.5, 0.6) is 0 Å². The van der Waals surface area contributed by atoms with E-state index in [4.69, 9.17) is 10.00 Å². The lowest BCUT2D eigenvalue weighted by Crippen LogP contribution is -2.07. The highest BCUT2D eigenvalue weighted by molar-refractivity contribution is 5.94. The third kappa shape index (κ3) is 3.56. The third-order valence-electron chi connectivity index (χ3n) is 3.41. The Bertz CT molecular complexity index is 872. The quantitative estimate of drug-likeness (QED) is 0.674. The number of pyridine rings is 1. The average molecular weight is 320 g/mol. The van der Waals surface area contributed by atoms with Crippen LogP contribution < -0.4 is 10.6 Å². The van der Waals surface area contributed by atoms with Gasteiger partial charge in [-0.1, -0.05) is 12.1 Å². The van der Waals surface area contributed by atoms with Gasteiger partial charge in [-0.05, 0) is 17.5 Å². The highest BCUT2D eigenvalue weighted by Crippen LogP contribution is 2.25. The minimum Gasteiger partial charge on any atom is -0.383 e. The number of rotatable bonds is 6. The van der Waals surface area contributed by atoms with Crippen LogP contribution in [-0.2, 0) is 4.74 Å². The summed E-state index contributed by atoms with van der Waals surface area (Å²) in [5, 5.41) is 17.2. The van der Waals surface area contributed by atoms with E-state index in [1.807, 2.05) is 36.5 Å². The van der Waals surface area contributed by atoms with Gasteiger partial charge >= 0.3 is 0 Å². The zero-order chi connectivity index (χ0) is 16.8. The van der Waals surface area contributed by atoms with Crippen molar-refractivity contribution in [1.29, 1.82) is 5.26 Å². The molecule has 0 radical (unpaired) electrons. The minimum absolute atomic E-state index is 0.277. The Labute approximate surface area is 139 Å². The molecule has 0 unspecified atom stereocenters. The fraction of sp³-hybridized carbons (Fsp3) is 0.176. The second kappa shape index (κ2) is 7.35. The second-order valence-electron chi connectivity index (χ2n) is 5.04. The fourth-order valence-corrected chi connectivity index (χ4v) is 2.26. The first kappa shape index (κ1) is 15.6. The summed E-state index contributed by atoms with van der Waals surface area (Å²) in [4.78, 5) is 12.5. The molecule has 2 aromatic heterocycles. The van der Waals surface area contributed by atoms with Gasteiger partial charge in [-0.2, -0.15) is 5.26 Å². The SMILES string of the molecule is COCCNc1cccc2cc(Nc3cnc(C#N)cn3)ncc12. The molecule has 7 nitrogen and oxygen atoms in total. The maximum atomic E-state index is 8.74. The Balaban J connectivity index is 1.81. The molecule has 0 spiro atoms. The van der Waals surface area contributed by atoms with Crippen molar-refractivity contribution in [2.45, 2.75) is 0 Å². The van der Waals surface area contributed by atoms with Crippen LogP contribution in [0.1, 0.15) is 5.69 Å². The number of nitrogens with one attached hydrogen (secondary N) is 2. The molecule has 0 fully saturated rings. The Morgan fingerprint density at radius 3 is 2.75 bits per heavy atom. The van der Waals surface area contributed by atoms with Crippen molar-refractivity contribution in [1.82, 2.24) is 15.0 Å². The molecular weight excluding hydrogens is 304 g/mol. The zero-order valence-electron chi connectivity index (χ0n) is 13.2. The summed E-state index contributed by atoms with van der Waals surface area (Å²) in [6, 6.07) is 9.90. The number of benzene rings is 1. The number of anilines is 3. The molecule has 0 aliphatic rings. The van der Waals surface area contributed by atoms with E-state index in [1.54, 1.807) is 7.11 Å². The van der Waals surface area contributed by atoms with Gasteiger partial charge in [-0.25, -0.2) is 15.0 Å². The molecule has 0 amide bonds. The second-order valence-corrected chi connectivity index (χ2v) is 5.04. The normalized spacial score (nSPS) is 10.3. The van der Waals surface area contributed by atoms with E-state index in [0.29, 0.717) is 18.2 Å². The lowest BCUT2D eigenvalue weighted by molar-refractivity contribution is 0.211. The lowest BCUT2D eigenvalue weighted by atomic mass is 10.1. The first-order valence-corrected chi connectivity index (χ1v) is 7.41. The number of nitriles is 1. The van der Waals surface area contributed by atoms with Crippen molar-refractivity contribution in [2.75, 3.05) is 30.9 Å². The van der Waals surface area contributed by atoms with Gasteiger partial charge in [0.1, 0.15) is 17.7 Å². The highest BCUT2D eigenvalue weighted by atomic mass is 16.5. The zero-order valence-corrected chi connectivity index (χ0v) is 13.2. The summed E-state index contributed by atoms with van der Waals surface area (Å²) in [7, 11) is 1.68. The molecule has 120 valence electrons. The predicted molar refractivity (Wildman–Crippen MR) is 92.1 cm³/mol. The number of hydrogen-bond donors (Lipinski definition) is 2. The molecule has 1 aromatic carbocycles. The highest BCUT2D eigenvalue weighted by Gasteiger charge is 2.04. The maximum absolute atomic E-state index is 8.74. The Hall–Kier alpha value is -3.24. The summed E-state index contributed by atoms with van der Waals surface area (Å²) in [5.74, 6) is 1.20. The molecule has 2 heterocycles. The monoisotopic (exact) mass is 320 g/mol. The van der Waals surface area contributed by atoms with Crippen LogP contribution in [0.15, 0.2) is 42.9 Å². The van der Waals surface area contributed by atoms with Crippen LogP contribution in [0.2, 0.25) is 0 Å². The largest absolute Gasteiger partial charge is 0.383 e. The number of ether oxygens (including phenoxy) is 1. The molecule has 0 aliphatic heterocycles. The molecule has 0 atom stereocenters. The van der Waals surface area contributed by atoms with Gasteiger partial charge in [-0.15, -0.1) is 0 Å². The molecule has 0 saturated heterocycles. The first-order chi connectivity index (χ1) is 11.8. The fourth-order valence-electron chi connectivity index (χ4n) is 2.26. The summed E-state index contributed by atoms with van der Waals surface area (Å²) in [6.45, 7) is 1.37. The smallest absolute Gasteiger partial charge is 0.158 e. The van der Waals surface area contributed by atoms with E-state index < -0.39 is 0 Å². The van der Waals surface area contributed by atoms with Crippen LogP contribution in [0.25, 0.3) is 10.8 Å². The Kier molecular flexibility index (Phi) is 4.79. The molecule has 3 aromatic rings. The van der Waals surface area contributed by atoms with E-state index in [2.05, 4.69) is 25.6 Å². The number of fused-ring (bicyclic) bond motifs is 1. The molecule has 0 aliphatic carbocycles. The summed E-state index contributed by atoms with van der Waals surface area (Å²) < 4.78 is 5.06. The Morgan fingerprint density at radius 2 is 2.00 bits per heavy atom. The minimum atomic E-state index is 0.277. The average Bonchev–Trinajstić information content (AvgIpc) is 2.62. The summed E-state index contributed by atoms with van der Waals surface area (Å²) in [6.07, 6.45) is 4.73. The van der Waals surface area contributed by atoms with Crippen LogP contribution in [-0.4, -0.2) is 35.2 Å². The van der Waals surface area contributed by atoms with Gasteiger partial charge in [-0.3, -0.25) is 0 Å². The van der Waals surface area contributed by atoms with Crippen LogP contribution in [0, 0.1) is 11.3 Å². The van der Waals surface area contributed by atoms with Crippen molar-refractivity contribution in [2.24, 2.45) is 0 Å². The lowest BCUT2D eigenvalue weighted by Gasteiger charge is -2.10. The van der Waals surface area contributed by atoms with Gasteiger partial charge in [0.15, 0.2) is 5.69 Å². The van der Waals surface area contributed by atoms with Crippen LogP contribution in [0.4, 0.5) is 17.3 Å². The van der Waals surface area contributed by atoms with Gasteiger partial charge in [0.25, 0.3) is 0 Å². The van der Waals surface area contributed by atoms with Crippen molar-refractivity contribution in [3.8, 4) is 6.07 Å². The number of methoxy groups -OCH3 is 1. The standard InChI is InChI=1S/C17H16N6O/c1-24-6-5-19-15-4-2-3-12-7-16(22-10-14(12)15)23-17-11-20-13(8-18)9-21-17/h2-4,7,9-11,19H,5-6H2,1H3,(H,21,22,23). The number of aromatic nitrogens is 3. The van der Waals surface area contributed by atoms with E-state index in [1.165, 1.54) is 12.4 Å². The van der Waals surface area contributed by atoms with Gasteiger partial charge < -0.3 is 15.4 Å². The van der Waals surface area contributed by atoms with E-state index in [0.717, 1.165) is 23.0 Å². The number of hydrogen-bond acceptors (Lipinski definition) is 7. The summed E-state index contributed by atoms with van der Waals surface area (Å²) in [5.41, 5.74) is 1.29. The van der Waals surface area contributed by atoms with Crippen LogP contribution >= 0.6 is 0 Å². The molecule has 0 saturated carbocycles. The van der Waals surface area contributed by atoms with Crippen molar-refractivity contribution in [3.63, 3.8) is 0 Å². The first-order valence-electron chi connectivity index (χ1n) is 7.41. The molecular formula is C17H16N6O. The van der Waals surface area contributed by atoms with Crippen molar-refractivity contribution >= 4 is 28.1 Å². The van der Waals surface area contributed by atoms with Gasteiger partial charge in [0.05, 0.1) is 19.0 Å². The molecule has 3 rings (SSSR count). The predicted octanol–water partition coefficient (Wildman–Crippen LogP) is 2.70. The maximum Gasteiger partial charge on any atom is 0.158 e. The number of nitrogens with zero attached hydrogens (tertiary/aromatic N) is 4.